The van der Waals surface area contributed by atoms with E-state index in [1.54, 1.807) is 24.8 Å². The van der Waals surface area contributed by atoms with Crippen molar-refractivity contribution in [3.8, 4) is 0 Å². The molecule has 2 unspecified atom stereocenters. The topological polar surface area (TPSA) is 97.5 Å². The second-order valence-electron chi connectivity index (χ2n) is 6.44. The van der Waals surface area contributed by atoms with Gasteiger partial charge in [-0.15, -0.1) is 0 Å². The molecule has 0 spiro atoms. The molecule has 1 saturated carbocycles. The van der Waals surface area contributed by atoms with E-state index in [2.05, 4.69) is 20.2 Å². The summed E-state index contributed by atoms with van der Waals surface area (Å²) in [5.41, 5.74) is 7.86. The number of aromatic amines is 1. The van der Waals surface area contributed by atoms with Crippen molar-refractivity contribution < 1.29 is 4.79 Å². The lowest BCUT2D eigenvalue weighted by molar-refractivity contribution is -0.125. The molecule has 3 heterocycles. The van der Waals surface area contributed by atoms with E-state index in [4.69, 9.17) is 5.73 Å². The summed E-state index contributed by atoms with van der Waals surface area (Å²) in [4.78, 5) is 21.4. The van der Waals surface area contributed by atoms with Crippen LogP contribution < -0.4 is 5.73 Å². The van der Waals surface area contributed by atoms with E-state index in [9.17, 15) is 4.79 Å². The summed E-state index contributed by atoms with van der Waals surface area (Å²) in [7, 11) is 0. The lowest BCUT2D eigenvalue weighted by Crippen LogP contribution is -2.48. The van der Waals surface area contributed by atoms with Crippen LogP contribution in [0.25, 0.3) is 10.9 Å². The zero-order valence-corrected chi connectivity index (χ0v) is 13.3. The Morgan fingerprint density at radius 3 is 3.00 bits per heavy atom. The fourth-order valence-corrected chi connectivity index (χ4v) is 4.03. The fourth-order valence-electron chi connectivity index (χ4n) is 4.03. The first-order chi connectivity index (χ1) is 11.7. The number of nitrogens with zero attached hydrogens (tertiary/aromatic N) is 3. The van der Waals surface area contributed by atoms with Gasteiger partial charge in [-0.05, 0) is 30.5 Å². The zero-order valence-electron chi connectivity index (χ0n) is 13.3. The molecule has 1 aliphatic carbocycles. The predicted octanol–water partition coefficient (Wildman–Crippen LogP) is 2.43. The Balaban J connectivity index is 1.88. The summed E-state index contributed by atoms with van der Waals surface area (Å²) >= 11 is 0. The number of amides is 1. The Morgan fingerprint density at radius 1 is 1.29 bits per heavy atom. The number of nitrogens with two attached hydrogens (primary N) is 1. The van der Waals surface area contributed by atoms with E-state index in [1.165, 1.54) is 0 Å². The first-order valence-corrected chi connectivity index (χ1v) is 8.21. The quantitative estimate of drug-likeness (QED) is 0.774. The number of H-pyrrole nitrogens is 1. The number of hydrogen-bond donors (Lipinski definition) is 2. The molecule has 6 heteroatoms. The third-order valence-electron chi connectivity index (χ3n) is 5.23. The zero-order chi connectivity index (χ0) is 16.6. The summed E-state index contributed by atoms with van der Waals surface area (Å²) in [5.74, 6) is -0.346. The number of fused-ring (bicyclic) bond motifs is 1. The minimum absolute atomic E-state index is 0.0488. The molecule has 0 bridgehead atoms. The van der Waals surface area contributed by atoms with Gasteiger partial charge >= 0.3 is 0 Å². The highest BCUT2D eigenvalue weighted by molar-refractivity contribution is 5.88. The summed E-state index contributed by atoms with van der Waals surface area (Å²) < 4.78 is 0. The predicted molar refractivity (Wildman–Crippen MR) is 90.2 cm³/mol. The van der Waals surface area contributed by atoms with Gasteiger partial charge in [0.2, 0.25) is 5.91 Å². The molecule has 0 radical (unpaired) electrons. The van der Waals surface area contributed by atoms with Crippen LogP contribution in [0.1, 0.15) is 42.9 Å². The van der Waals surface area contributed by atoms with E-state index >= 15 is 0 Å². The molecule has 1 amide bonds. The molecule has 1 fully saturated rings. The van der Waals surface area contributed by atoms with Crippen LogP contribution in [0.15, 0.2) is 43.0 Å². The van der Waals surface area contributed by atoms with Crippen LogP contribution in [0.3, 0.4) is 0 Å². The van der Waals surface area contributed by atoms with Crippen LogP contribution in [0.5, 0.6) is 0 Å². The molecule has 0 aliphatic heterocycles. The van der Waals surface area contributed by atoms with Crippen LogP contribution in [-0.2, 0) is 10.2 Å². The SMILES string of the molecule is NC(=O)C1(c2cccnc2)CCCCC1c1cc2cn[nH]c2cn1. The molecule has 2 atom stereocenters. The molecule has 24 heavy (non-hydrogen) atoms. The molecule has 3 aromatic heterocycles. The average molecular weight is 321 g/mol. The maximum Gasteiger partial charge on any atom is 0.228 e. The Labute approximate surface area is 139 Å². The number of hydrogen-bond acceptors (Lipinski definition) is 4. The number of primary amides is 1. The average Bonchev–Trinajstić information content (AvgIpc) is 3.10. The fraction of sp³-hybridized carbons (Fsp3) is 0.333. The normalized spacial score (nSPS) is 24.1. The molecule has 3 N–H and O–H groups in total. The molecule has 4 rings (SSSR count). The van der Waals surface area contributed by atoms with E-state index in [0.717, 1.165) is 47.8 Å². The van der Waals surface area contributed by atoms with Crippen molar-refractivity contribution in [1.29, 1.82) is 0 Å². The number of carbonyl (C=O) groups excluding carboxylic acids is 1. The molecular weight excluding hydrogens is 302 g/mol. The first-order valence-electron chi connectivity index (χ1n) is 8.21. The highest BCUT2D eigenvalue weighted by Gasteiger charge is 2.48. The Morgan fingerprint density at radius 2 is 2.21 bits per heavy atom. The van der Waals surface area contributed by atoms with E-state index in [1.807, 2.05) is 18.2 Å². The van der Waals surface area contributed by atoms with Gasteiger partial charge in [-0.2, -0.15) is 5.10 Å². The van der Waals surface area contributed by atoms with Crippen molar-refractivity contribution in [3.63, 3.8) is 0 Å². The maximum atomic E-state index is 12.6. The van der Waals surface area contributed by atoms with Gasteiger partial charge in [-0.25, -0.2) is 0 Å². The Bertz CT molecular complexity index is 875. The van der Waals surface area contributed by atoms with Gasteiger partial charge in [0.05, 0.1) is 23.3 Å². The number of rotatable bonds is 3. The van der Waals surface area contributed by atoms with Crippen molar-refractivity contribution in [2.75, 3.05) is 0 Å². The van der Waals surface area contributed by atoms with Crippen molar-refractivity contribution in [2.45, 2.75) is 37.0 Å². The molecule has 0 saturated heterocycles. The van der Waals surface area contributed by atoms with Crippen molar-refractivity contribution in [1.82, 2.24) is 20.2 Å². The number of nitrogens with one attached hydrogen (secondary N) is 1. The summed E-state index contributed by atoms with van der Waals surface area (Å²) in [6, 6.07) is 5.83. The molecule has 3 aromatic rings. The van der Waals surface area contributed by atoms with Crippen LogP contribution in [0.2, 0.25) is 0 Å². The van der Waals surface area contributed by atoms with E-state index in [-0.39, 0.29) is 11.8 Å². The second kappa shape index (κ2) is 5.70. The summed E-state index contributed by atoms with van der Waals surface area (Å²) in [5, 5.41) is 7.96. The monoisotopic (exact) mass is 321 g/mol. The van der Waals surface area contributed by atoms with Crippen LogP contribution >= 0.6 is 0 Å². The highest BCUT2D eigenvalue weighted by Crippen LogP contribution is 2.48. The largest absolute Gasteiger partial charge is 0.369 e. The number of pyridine rings is 2. The van der Waals surface area contributed by atoms with Crippen molar-refractivity contribution in [2.24, 2.45) is 5.73 Å². The standard InChI is InChI=1S/C18H19N5O/c19-17(24)18(13-4-3-7-20-10-13)6-2-1-5-14(18)15-8-12-9-22-23-16(12)11-21-15/h3-4,7-11,14H,1-2,5-6H2,(H2,19,24)(H,22,23). The third kappa shape index (κ3) is 2.18. The lowest BCUT2D eigenvalue weighted by atomic mass is 9.61. The smallest absolute Gasteiger partial charge is 0.228 e. The Kier molecular flexibility index (Phi) is 3.52. The molecule has 1 aliphatic rings. The van der Waals surface area contributed by atoms with Gasteiger partial charge in [0, 0.05) is 29.4 Å². The highest BCUT2D eigenvalue weighted by atomic mass is 16.1. The molecule has 122 valence electrons. The van der Waals surface area contributed by atoms with Gasteiger partial charge in [-0.3, -0.25) is 19.9 Å². The van der Waals surface area contributed by atoms with E-state index < -0.39 is 5.41 Å². The van der Waals surface area contributed by atoms with Gasteiger partial charge in [0.1, 0.15) is 0 Å². The van der Waals surface area contributed by atoms with Crippen molar-refractivity contribution >= 4 is 16.8 Å². The number of carbonyl (C=O) groups is 1. The minimum Gasteiger partial charge on any atom is -0.369 e. The summed E-state index contributed by atoms with van der Waals surface area (Å²) in [6.07, 6.45) is 10.7. The second-order valence-corrected chi connectivity index (χ2v) is 6.44. The van der Waals surface area contributed by atoms with Crippen LogP contribution in [0, 0.1) is 0 Å². The van der Waals surface area contributed by atoms with Crippen LogP contribution in [0.4, 0.5) is 0 Å². The van der Waals surface area contributed by atoms with Crippen LogP contribution in [-0.4, -0.2) is 26.1 Å². The van der Waals surface area contributed by atoms with Crippen molar-refractivity contribution in [3.05, 3.63) is 54.2 Å². The molecular formula is C18H19N5O. The minimum atomic E-state index is -0.753. The maximum absolute atomic E-state index is 12.6. The first kappa shape index (κ1) is 14.8. The molecule has 6 nitrogen and oxygen atoms in total. The van der Waals surface area contributed by atoms with Gasteiger partial charge in [-0.1, -0.05) is 18.9 Å². The van der Waals surface area contributed by atoms with E-state index in [0.29, 0.717) is 0 Å². The lowest BCUT2D eigenvalue weighted by Gasteiger charge is -2.41. The third-order valence-corrected chi connectivity index (χ3v) is 5.23. The Hall–Kier alpha value is -2.76. The van der Waals surface area contributed by atoms with Gasteiger partial charge in [0.15, 0.2) is 0 Å². The summed E-state index contributed by atoms with van der Waals surface area (Å²) in [6.45, 7) is 0. The number of aromatic nitrogens is 4. The molecule has 0 aromatic carbocycles. The van der Waals surface area contributed by atoms with Gasteiger partial charge in [0.25, 0.3) is 0 Å². The van der Waals surface area contributed by atoms with Gasteiger partial charge < -0.3 is 5.73 Å².